The summed E-state index contributed by atoms with van der Waals surface area (Å²) in [5.74, 6) is 0.230. The molecule has 1 unspecified atom stereocenters. The van der Waals surface area contributed by atoms with Gasteiger partial charge in [0, 0.05) is 23.4 Å². The van der Waals surface area contributed by atoms with Crippen LogP contribution in [0.2, 0.25) is 0 Å². The van der Waals surface area contributed by atoms with Crippen LogP contribution in [0.25, 0.3) is 10.8 Å². The van der Waals surface area contributed by atoms with Crippen LogP contribution in [0.5, 0.6) is 5.75 Å². The van der Waals surface area contributed by atoms with Crippen molar-refractivity contribution in [3.8, 4) is 5.75 Å². The van der Waals surface area contributed by atoms with E-state index in [-0.39, 0.29) is 35.6 Å². The van der Waals surface area contributed by atoms with E-state index in [1.807, 2.05) is 6.92 Å². The van der Waals surface area contributed by atoms with E-state index in [2.05, 4.69) is 10.0 Å². The molecule has 0 aliphatic rings. The summed E-state index contributed by atoms with van der Waals surface area (Å²) in [6, 6.07) is 9.40. The van der Waals surface area contributed by atoms with Crippen LogP contribution >= 0.6 is 12.4 Å². The maximum absolute atomic E-state index is 12.5. The summed E-state index contributed by atoms with van der Waals surface area (Å²) >= 11 is 0. The van der Waals surface area contributed by atoms with Gasteiger partial charge in [0.2, 0.25) is 10.0 Å². The topological polar surface area (TPSA) is 67.4 Å². The van der Waals surface area contributed by atoms with Crippen molar-refractivity contribution in [3.63, 3.8) is 0 Å². The largest absolute Gasteiger partial charge is 0.487 e. The summed E-state index contributed by atoms with van der Waals surface area (Å²) in [7, 11) is -1.99. The maximum atomic E-state index is 12.5. The SMILES string of the molecule is CNC(C)CNS(=O)(=O)c1ccc(OCC(F)F)c2ccccc12.Cl. The number of rotatable bonds is 8. The van der Waals surface area contributed by atoms with Gasteiger partial charge in [-0.25, -0.2) is 21.9 Å². The minimum Gasteiger partial charge on any atom is -0.487 e. The van der Waals surface area contributed by atoms with Crippen molar-refractivity contribution < 1.29 is 21.9 Å². The number of ether oxygens (including phenoxy) is 1. The molecular weight excluding hydrogens is 374 g/mol. The van der Waals surface area contributed by atoms with Crippen LogP contribution in [0.3, 0.4) is 0 Å². The van der Waals surface area contributed by atoms with Gasteiger partial charge in [0.1, 0.15) is 12.4 Å². The van der Waals surface area contributed by atoms with Gasteiger partial charge in [-0.15, -0.1) is 12.4 Å². The van der Waals surface area contributed by atoms with Gasteiger partial charge in [-0.3, -0.25) is 0 Å². The molecule has 5 nitrogen and oxygen atoms in total. The van der Waals surface area contributed by atoms with Gasteiger partial charge < -0.3 is 10.1 Å². The molecule has 0 aliphatic heterocycles. The average Bonchev–Trinajstić information content (AvgIpc) is 2.57. The summed E-state index contributed by atoms with van der Waals surface area (Å²) < 4.78 is 57.4. The zero-order chi connectivity index (χ0) is 17.7. The normalized spacial score (nSPS) is 12.8. The van der Waals surface area contributed by atoms with Gasteiger partial charge in [-0.05, 0) is 26.1 Å². The molecule has 2 rings (SSSR count). The Balaban J connectivity index is 0.00000312. The van der Waals surface area contributed by atoms with E-state index in [0.717, 1.165) is 0 Å². The van der Waals surface area contributed by atoms with Crippen LogP contribution in [0, 0.1) is 0 Å². The second-order valence-corrected chi connectivity index (χ2v) is 7.09. The zero-order valence-corrected chi connectivity index (χ0v) is 15.5. The highest BCUT2D eigenvalue weighted by Gasteiger charge is 2.19. The van der Waals surface area contributed by atoms with Gasteiger partial charge >= 0.3 is 0 Å². The molecule has 2 N–H and O–H groups in total. The molecular formula is C16H21ClF2N2O3S. The minimum absolute atomic E-state index is 0. The van der Waals surface area contributed by atoms with Crippen LogP contribution in [0.4, 0.5) is 8.78 Å². The van der Waals surface area contributed by atoms with Crippen molar-refractivity contribution in [3.05, 3.63) is 36.4 Å². The molecule has 0 radical (unpaired) electrons. The van der Waals surface area contributed by atoms with E-state index in [1.54, 1.807) is 31.3 Å². The second-order valence-electron chi connectivity index (χ2n) is 5.35. The van der Waals surface area contributed by atoms with Gasteiger partial charge in [-0.1, -0.05) is 24.3 Å². The molecule has 2 aromatic rings. The molecule has 9 heteroatoms. The van der Waals surface area contributed by atoms with Crippen LogP contribution in [0.15, 0.2) is 41.3 Å². The van der Waals surface area contributed by atoms with Gasteiger partial charge in [0.25, 0.3) is 6.43 Å². The highest BCUT2D eigenvalue weighted by atomic mass is 35.5. The van der Waals surface area contributed by atoms with Crippen LogP contribution in [-0.2, 0) is 10.0 Å². The summed E-state index contributed by atoms with van der Waals surface area (Å²) in [5.41, 5.74) is 0. The van der Waals surface area contributed by atoms with Crippen molar-refractivity contribution in [1.82, 2.24) is 10.0 Å². The number of sulfonamides is 1. The molecule has 0 saturated carbocycles. The first-order valence-electron chi connectivity index (χ1n) is 7.44. The Morgan fingerprint density at radius 1 is 1.12 bits per heavy atom. The Bertz CT molecular complexity index is 803. The number of hydrogen-bond donors (Lipinski definition) is 2. The Morgan fingerprint density at radius 2 is 1.76 bits per heavy atom. The van der Waals surface area contributed by atoms with E-state index < -0.39 is 23.1 Å². The number of hydrogen-bond acceptors (Lipinski definition) is 4. The lowest BCUT2D eigenvalue weighted by atomic mass is 10.1. The van der Waals surface area contributed by atoms with Crippen LogP contribution in [0.1, 0.15) is 6.92 Å². The quantitative estimate of drug-likeness (QED) is 0.722. The van der Waals surface area contributed by atoms with Crippen LogP contribution in [-0.4, -0.2) is 41.1 Å². The summed E-state index contributed by atoms with van der Waals surface area (Å²) in [6.07, 6.45) is -2.60. The van der Waals surface area contributed by atoms with Gasteiger partial charge in [0.15, 0.2) is 0 Å². The van der Waals surface area contributed by atoms with E-state index >= 15 is 0 Å². The van der Waals surface area contributed by atoms with Crippen molar-refractivity contribution >= 4 is 33.2 Å². The minimum atomic E-state index is -3.73. The fraction of sp³-hybridized carbons (Fsp3) is 0.375. The predicted molar refractivity (Wildman–Crippen MR) is 96.4 cm³/mol. The summed E-state index contributed by atoms with van der Waals surface area (Å²) in [6.45, 7) is 1.34. The van der Waals surface area contributed by atoms with Gasteiger partial charge in [-0.2, -0.15) is 0 Å². The molecule has 0 heterocycles. The average molecular weight is 395 g/mol. The first kappa shape index (κ1) is 21.6. The molecule has 0 spiro atoms. The highest BCUT2D eigenvalue weighted by Crippen LogP contribution is 2.31. The molecule has 0 bridgehead atoms. The Labute approximate surface area is 152 Å². The van der Waals surface area contributed by atoms with Gasteiger partial charge in [0.05, 0.1) is 4.90 Å². The highest BCUT2D eigenvalue weighted by molar-refractivity contribution is 7.89. The summed E-state index contributed by atoms with van der Waals surface area (Å²) in [4.78, 5) is 0.0887. The number of benzene rings is 2. The smallest absolute Gasteiger partial charge is 0.272 e. The maximum Gasteiger partial charge on any atom is 0.272 e. The third kappa shape index (κ3) is 5.50. The molecule has 2 aromatic carbocycles. The fourth-order valence-corrected chi connectivity index (χ4v) is 3.51. The molecule has 0 fully saturated rings. The van der Waals surface area contributed by atoms with E-state index in [4.69, 9.17) is 4.74 Å². The van der Waals surface area contributed by atoms with Crippen molar-refractivity contribution in [2.45, 2.75) is 24.3 Å². The molecule has 0 aromatic heterocycles. The number of halogens is 3. The lowest BCUT2D eigenvalue weighted by Gasteiger charge is -2.15. The summed E-state index contributed by atoms with van der Waals surface area (Å²) in [5, 5.41) is 3.84. The number of fused-ring (bicyclic) bond motifs is 1. The lowest BCUT2D eigenvalue weighted by Crippen LogP contribution is -2.37. The standard InChI is InChI=1S/C16H20F2N2O3S.ClH/c1-11(19-2)9-20-24(21,22)15-8-7-14(23-10-16(17)18)12-5-3-4-6-13(12)15;/h3-8,11,16,19-20H,9-10H2,1-2H3;1H. The second kappa shape index (κ2) is 9.28. The molecule has 1 atom stereocenters. The molecule has 140 valence electrons. The van der Waals surface area contributed by atoms with Crippen molar-refractivity contribution in [2.24, 2.45) is 0 Å². The monoisotopic (exact) mass is 394 g/mol. The lowest BCUT2D eigenvalue weighted by molar-refractivity contribution is 0.0826. The van der Waals surface area contributed by atoms with Crippen LogP contribution < -0.4 is 14.8 Å². The van der Waals surface area contributed by atoms with E-state index in [9.17, 15) is 17.2 Å². The van der Waals surface area contributed by atoms with Crippen molar-refractivity contribution in [1.29, 1.82) is 0 Å². The Morgan fingerprint density at radius 3 is 2.36 bits per heavy atom. The van der Waals surface area contributed by atoms with E-state index in [1.165, 1.54) is 12.1 Å². The van der Waals surface area contributed by atoms with Crippen molar-refractivity contribution in [2.75, 3.05) is 20.2 Å². The molecule has 0 aliphatic carbocycles. The third-order valence-corrected chi connectivity index (χ3v) is 5.05. The molecule has 0 amide bonds. The molecule has 25 heavy (non-hydrogen) atoms. The molecule has 0 saturated heterocycles. The first-order chi connectivity index (χ1) is 11.3. The number of alkyl halides is 2. The Hall–Kier alpha value is -1.48. The third-order valence-electron chi connectivity index (χ3n) is 3.57. The number of nitrogens with one attached hydrogen (secondary N) is 2. The Kier molecular flexibility index (Phi) is 8.01. The fourth-order valence-electron chi connectivity index (χ4n) is 2.17. The zero-order valence-electron chi connectivity index (χ0n) is 13.8. The number of likely N-dealkylation sites (N-methyl/N-ethyl adjacent to an activating group) is 1. The predicted octanol–water partition coefficient (Wildman–Crippen LogP) is 2.79. The first-order valence-corrected chi connectivity index (χ1v) is 8.93. The van der Waals surface area contributed by atoms with E-state index in [0.29, 0.717) is 10.8 Å².